The van der Waals surface area contributed by atoms with Crippen LogP contribution in [0.15, 0.2) is 0 Å². The van der Waals surface area contributed by atoms with Gasteiger partial charge < -0.3 is 29.3 Å². The Balaban J connectivity index is -0.000000737. The Hall–Kier alpha value is 0.669. The Bertz CT molecular complexity index is 411. The molecule has 0 aliphatic heterocycles. The third kappa shape index (κ3) is 9.78. The Morgan fingerprint density at radius 3 is 1.69 bits per heavy atom. The topological polar surface area (TPSA) is 46.5 Å². The van der Waals surface area contributed by atoms with Crippen molar-refractivity contribution < 1.29 is 31.5 Å². The van der Waals surface area contributed by atoms with Gasteiger partial charge in [-0.3, -0.25) is 0 Å². The zero-order valence-electron chi connectivity index (χ0n) is 20.7. The van der Waals surface area contributed by atoms with Crippen molar-refractivity contribution in [2.75, 3.05) is 19.8 Å². The molecule has 2 rings (SSSR count). The summed E-state index contributed by atoms with van der Waals surface area (Å²) in [5.41, 5.74) is 0.284. The van der Waals surface area contributed by atoms with E-state index >= 15 is 0 Å². The summed E-state index contributed by atoms with van der Waals surface area (Å²) in [5.74, 6) is 0.410. The van der Waals surface area contributed by atoms with Crippen LogP contribution >= 0.6 is 7.14 Å². The Morgan fingerprint density at radius 2 is 1.31 bits per heavy atom. The molecule has 0 aromatic rings. The van der Waals surface area contributed by atoms with E-state index in [-0.39, 0.29) is 54.5 Å². The van der Waals surface area contributed by atoms with Crippen LogP contribution in [0.1, 0.15) is 99.3 Å². The van der Waals surface area contributed by atoms with Gasteiger partial charge in [0.2, 0.25) is 0 Å². The molecule has 1 N–H and O–H groups in total. The minimum absolute atomic E-state index is 0. The molecule has 0 radical (unpaired) electrons. The van der Waals surface area contributed by atoms with Crippen molar-refractivity contribution in [3.63, 3.8) is 0 Å². The molecule has 2 aliphatic carbocycles. The van der Waals surface area contributed by atoms with Crippen molar-refractivity contribution in [2.24, 2.45) is 5.92 Å². The molecule has 0 aromatic carbocycles. The largest absolute Gasteiger partial charge is 2.00 e. The number of aliphatic hydroxyl groups excluding tert-OH is 1. The van der Waals surface area contributed by atoms with E-state index in [9.17, 15) is 4.57 Å². The van der Waals surface area contributed by atoms with Gasteiger partial charge in [0.15, 0.2) is 0 Å². The molecule has 0 saturated heterocycles. The van der Waals surface area contributed by atoms with Crippen LogP contribution in [0, 0.1) is 20.8 Å². The second kappa shape index (κ2) is 15.5. The van der Waals surface area contributed by atoms with E-state index in [0.717, 1.165) is 19.3 Å². The van der Waals surface area contributed by atoms with Gasteiger partial charge >= 0.3 is 17.1 Å². The summed E-state index contributed by atoms with van der Waals surface area (Å²) in [6.07, 6.45) is 11.5. The molecule has 0 aromatic heterocycles. The molecule has 29 heavy (non-hydrogen) atoms. The van der Waals surface area contributed by atoms with Crippen LogP contribution in [-0.2, 0) is 26.4 Å². The number of hydrogen-bond acceptors (Lipinski definition) is 3. The van der Waals surface area contributed by atoms with Crippen LogP contribution < -0.4 is 0 Å². The summed E-state index contributed by atoms with van der Waals surface area (Å²) in [6.45, 7) is 14.3. The average molecular weight is 474 g/mol. The van der Waals surface area contributed by atoms with Gasteiger partial charge in [0.25, 0.3) is 0 Å². The second-order valence-electron chi connectivity index (χ2n) is 10.2. The van der Waals surface area contributed by atoms with Crippen molar-refractivity contribution >= 4 is 7.14 Å². The molecule has 2 atom stereocenters. The predicted molar refractivity (Wildman–Crippen MR) is 127 cm³/mol. The van der Waals surface area contributed by atoms with Gasteiger partial charge in [-0.1, -0.05) is 80.1 Å². The van der Waals surface area contributed by atoms with Crippen molar-refractivity contribution in [3.05, 3.63) is 14.9 Å². The molecular formula is C24H51FeO3P. The van der Waals surface area contributed by atoms with Crippen LogP contribution in [0.5, 0.6) is 0 Å². The van der Waals surface area contributed by atoms with E-state index in [2.05, 4.69) is 41.5 Å². The van der Waals surface area contributed by atoms with Gasteiger partial charge in [-0.25, -0.2) is 0 Å². The normalized spacial score (nSPS) is 21.9. The van der Waals surface area contributed by atoms with E-state index in [1.165, 1.54) is 32.1 Å². The van der Waals surface area contributed by atoms with E-state index in [0.29, 0.717) is 25.6 Å². The summed E-state index contributed by atoms with van der Waals surface area (Å²) < 4.78 is 19.8. The fourth-order valence-electron chi connectivity index (χ4n) is 4.98. The van der Waals surface area contributed by atoms with E-state index in [1.54, 1.807) is 0 Å². The Labute approximate surface area is 194 Å². The number of aliphatic hydroxyl groups is 1. The fourth-order valence-corrected chi connectivity index (χ4v) is 10.4. The minimum atomic E-state index is -2.38. The summed E-state index contributed by atoms with van der Waals surface area (Å²) in [7, 11) is -2.38. The van der Waals surface area contributed by atoms with Gasteiger partial charge in [-0.15, -0.1) is 0 Å². The van der Waals surface area contributed by atoms with E-state index in [1.807, 2.05) is 0 Å². The average Bonchev–Trinajstić information content (AvgIpc) is 3.22. The quantitative estimate of drug-likeness (QED) is 0.189. The Kier molecular flexibility index (Phi) is 18.3. The molecule has 5 heteroatoms. The molecular weight excluding hydrogens is 423 g/mol. The molecule has 2 unspecified atom stereocenters. The first-order valence-corrected chi connectivity index (χ1v) is 12.6. The molecule has 0 heterocycles. The van der Waals surface area contributed by atoms with Gasteiger partial charge in [0.05, 0.1) is 6.61 Å². The maximum absolute atomic E-state index is 14.1. The van der Waals surface area contributed by atoms with Gasteiger partial charge in [-0.05, 0) is 25.2 Å². The van der Waals surface area contributed by atoms with E-state index < -0.39 is 7.14 Å². The Morgan fingerprint density at radius 1 is 0.862 bits per heavy atom. The first-order chi connectivity index (χ1) is 12.1. The van der Waals surface area contributed by atoms with Crippen LogP contribution in [-0.4, -0.2) is 40.9 Å². The minimum Gasteiger partial charge on any atom is -0.396 e. The third-order valence-corrected chi connectivity index (χ3v) is 11.7. The standard InChI is InChI=1S/C17H35O3P.C5H10.2CH3.Fe/c1-16(2,3)21(19,17(4,5)6)15-10-7-9-14(15)13-20-12-8-11-18;1-2-4-5-3-1;;;/h14-15,18H,7-13H2,1-6H3;1-5H2;2*1H3;/q;;2*-1;+2. The smallest absolute Gasteiger partial charge is 0.396 e. The maximum atomic E-state index is 14.1. The summed E-state index contributed by atoms with van der Waals surface area (Å²) in [5, 5.41) is 8.50. The molecule has 0 amide bonds. The zero-order chi connectivity index (χ0) is 19.8. The number of ether oxygens (including phenoxy) is 1. The van der Waals surface area contributed by atoms with Crippen LogP contribution in [0.3, 0.4) is 0 Å². The molecule has 0 spiro atoms. The van der Waals surface area contributed by atoms with Gasteiger partial charge in [-0.2, -0.15) is 0 Å². The molecule has 2 saturated carbocycles. The number of rotatable bonds is 6. The monoisotopic (exact) mass is 474 g/mol. The molecule has 3 nitrogen and oxygen atoms in total. The van der Waals surface area contributed by atoms with Crippen LogP contribution in [0.2, 0.25) is 0 Å². The summed E-state index contributed by atoms with van der Waals surface area (Å²) in [4.78, 5) is 0. The first kappa shape index (κ1) is 34.3. The first-order valence-electron chi connectivity index (χ1n) is 10.8. The molecule has 2 fully saturated rings. The fraction of sp³-hybridized carbons (Fsp3) is 0.917. The maximum Gasteiger partial charge on any atom is 2.00 e. The van der Waals surface area contributed by atoms with Crippen LogP contribution in [0.25, 0.3) is 0 Å². The summed E-state index contributed by atoms with van der Waals surface area (Å²) >= 11 is 0. The third-order valence-electron chi connectivity index (χ3n) is 6.11. The zero-order valence-corrected chi connectivity index (χ0v) is 22.7. The van der Waals surface area contributed by atoms with Gasteiger partial charge in [0.1, 0.15) is 7.14 Å². The molecule has 0 bridgehead atoms. The van der Waals surface area contributed by atoms with Crippen LogP contribution in [0.4, 0.5) is 0 Å². The van der Waals surface area contributed by atoms with Crippen molar-refractivity contribution in [1.29, 1.82) is 0 Å². The predicted octanol–water partition coefficient (Wildman–Crippen LogP) is 7.36. The molecule has 178 valence electrons. The second-order valence-corrected chi connectivity index (χ2v) is 14.8. The van der Waals surface area contributed by atoms with Gasteiger partial charge in [0, 0.05) is 29.2 Å². The summed E-state index contributed by atoms with van der Waals surface area (Å²) in [6, 6.07) is 0. The number of hydrogen-bond donors (Lipinski definition) is 1. The SMILES string of the molecule is C1CCCC1.CC(C)(C)P(=O)(C1CCCC1COCCCO)C(C)(C)C.[CH3-].[CH3-].[Fe+2]. The van der Waals surface area contributed by atoms with Crippen molar-refractivity contribution in [2.45, 2.75) is 115 Å². The van der Waals surface area contributed by atoms with Crippen molar-refractivity contribution in [1.82, 2.24) is 0 Å². The van der Waals surface area contributed by atoms with Crippen molar-refractivity contribution in [3.8, 4) is 0 Å². The van der Waals surface area contributed by atoms with E-state index in [4.69, 9.17) is 9.84 Å². The molecule has 2 aliphatic rings.